The molecular weight excluding hydrogens is 266 g/mol. The molecule has 0 unspecified atom stereocenters. The van der Waals surface area contributed by atoms with Gasteiger partial charge in [0.15, 0.2) is 0 Å². The van der Waals surface area contributed by atoms with Gasteiger partial charge in [0.25, 0.3) is 0 Å². The number of fused-ring (bicyclic) bond motifs is 1. The molecule has 4 N–H and O–H groups in total. The zero-order valence-corrected chi connectivity index (χ0v) is 12.2. The summed E-state index contributed by atoms with van der Waals surface area (Å²) < 4.78 is 5.14. The summed E-state index contributed by atoms with van der Waals surface area (Å²) >= 11 is 0. The first-order valence-electron chi connectivity index (χ1n) is 6.90. The lowest BCUT2D eigenvalue weighted by Gasteiger charge is -2.25. The minimum Gasteiger partial charge on any atom is -0.395 e. The van der Waals surface area contributed by atoms with Gasteiger partial charge in [0, 0.05) is 36.8 Å². The number of nitrogens with two attached hydrogens (primary N) is 1. The second kappa shape index (κ2) is 7.06. The van der Waals surface area contributed by atoms with E-state index in [1.54, 1.807) is 7.11 Å². The lowest BCUT2D eigenvalue weighted by molar-refractivity contribution is 0.203. The predicted molar refractivity (Wildman–Crippen MR) is 86.1 cm³/mol. The van der Waals surface area contributed by atoms with Crippen LogP contribution < -0.4 is 10.6 Å². The average molecular weight is 287 g/mol. The van der Waals surface area contributed by atoms with Crippen LogP contribution in [0.25, 0.3) is 10.8 Å². The van der Waals surface area contributed by atoms with Gasteiger partial charge in [-0.3, -0.25) is 5.41 Å². The van der Waals surface area contributed by atoms with Crippen molar-refractivity contribution in [3.05, 3.63) is 42.0 Å². The number of aliphatic hydroxyl groups is 1. The maximum absolute atomic E-state index is 9.28. The Kier molecular flexibility index (Phi) is 5.14. The third kappa shape index (κ3) is 3.32. The number of ether oxygens (including phenoxy) is 1. The van der Waals surface area contributed by atoms with Gasteiger partial charge in [-0.25, -0.2) is 0 Å². The van der Waals surface area contributed by atoms with Crippen LogP contribution in [-0.4, -0.2) is 44.4 Å². The van der Waals surface area contributed by atoms with Crippen LogP contribution in [0.1, 0.15) is 5.56 Å². The number of methoxy groups -OCH3 is 1. The number of nitrogen functional groups attached to an aromatic ring is 1. The van der Waals surface area contributed by atoms with Gasteiger partial charge in [-0.2, -0.15) is 0 Å². The molecule has 21 heavy (non-hydrogen) atoms. The summed E-state index contributed by atoms with van der Waals surface area (Å²) in [4.78, 5) is 2.08. The maximum Gasteiger partial charge on any atom is 0.123 e. The zero-order chi connectivity index (χ0) is 15.2. The lowest BCUT2D eigenvalue weighted by atomic mass is 10.0. The van der Waals surface area contributed by atoms with Crippen molar-refractivity contribution >= 4 is 22.3 Å². The lowest BCUT2D eigenvalue weighted by Crippen LogP contribution is -2.30. The van der Waals surface area contributed by atoms with Crippen molar-refractivity contribution in [2.24, 2.45) is 5.73 Å². The molecule has 2 aromatic carbocycles. The molecule has 0 aliphatic rings. The molecule has 0 spiro atoms. The number of nitrogens with one attached hydrogen (secondary N) is 1. The van der Waals surface area contributed by atoms with E-state index in [4.69, 9.17) is 15.9 Å². The van der Waals surface area contributed by atoms with Crippen LogP contribution in [0.3, 0.4) is 0 Å². The molecule has 0 radical (unpaired) electrons. The summed E-state index contributed by atoms with van der Waals surface area (Å²) in [6.45, 7) is 1.89. The molecule has 0 aliphatic heterocycles. The summed E-state index contributed by atoms with van der Waals surface area (Å²) in [6.07, 6.45) is 0. The normalized spacial score (nSPS) is 10.8. The minimum absolute atomic E-state index is 0.0587. The highest BCUT2D eigenvalue weighted by molar-refractivity contribution is 6.10. The smallest absolute Gasteiger partial charge is 0.123 e. The van der Waals surface area contributed by atoms with Gasteiger partial charge in [0.2, 0.25) is 0 Å². The molecule has 0 atom stereocenters. The van der Waals surface area contributed by atoms with Crippen molar-refractivity contribution in [1.82, 2.24) is 0 Å². The molecule has 0 heterocycles. The first kappa shape index (κ1) is 15.3. The standard InChI is InChI=1S/C16H21N3O2/c1-21-11-9-19(8-10-20)15-7-6-14(16(17)18)12-4-2-3-5-13(12)15/h2-7,20H,8-11H2,1H3,(H3,17,18). The van der Waals surface area contributed by atoms with Gasteiger partial charge in [0.1, 0.15) is 5.84 Å². The number of aliphatic hydroxyl groups excluding tert-OH is 1. The summed E-state index contributed by atoms with van der Waals surface area (Å²) in [7, 11) is 1.66. The number of anilines is 1. The number of nitrogens with zero attached hydrogens (tertiary/aromatic N) is 1. The highest BCUT2D eigenvalue weighted by Gasteiger charge is 2.12. The second-order valence-corrected chi connectivity index (χ2v) is 4.79. The molecule has 112 valence electrons. The van der Waals surface area contributed by atoms with Gasteiger partial charge in [-0.15, -0.1) is 0 Å². The van der Waals surface area contributed by atoms with Gasteiger partial charge >= 0.3 is 0 Å². The van der Waals surface area contributed by atoms with Gasteiger partial charge in [-0.05, 0) is 17.5 Å². The number of rotatable bonds is 7. The summed E-state index contributed by atoms with van der Waals surface area (Å²) in [5.41, 5.74) is 7.40. The largest absolute Gasteiger partial charge is 0.395 e. The van der Waals surface area contributed by atoms with Crippen molar-refractivity contribution in [1.29, 1.82) is 5.41 Å². The Morgan fingerprint density at radius 1 is 1.19 bits per heavy atom. The third-order valence-corrected chi connectivity index (χ3v) is 3.47. The molecule has 0 saturated carbocycles. The number of amidine groups is 1. The van der Waals surface area contributed by atoms with E-state index in [1.807, 2.05) is 36.4 Å². The van der Waals surface area contributed by atoms with E-state index >= 15 is 0 Å². The number of benzene rings is 2. The van der Waals surface area contributed by atoms with Crippen LogP contribution in [0.15, 0.2) is 36.4 Å². The minimum atomic E-state index is 0.0587. The van der Waals surface area contributed by atoms with E-state index in [2.05, 4.69) is 4.90 Å². The van der Waals surface area contributed by atoms with Crippen molar-refractivity contribution < 1.29 is 9.84 Å². The van der Waals surface area contributed by atoms with Crippen molar-refractivity contribution in [3.8, 4) is 0 Å². The Morgan fingerprint density at radius 3 is 2.52 bits per heavy atom. The molecule has 0 amide bonds. The Labute approximate surface area is 124 Å². The molecule has 0 aromatic heterocycles. The van der Waals surface area contributed by atoms with Gasteiger partial charge in [0.05, 0.1) is 13.2 Å². The van der Waals surface area contributed by atoms with E-state index in [-0.39, 0.29) is 12.4 Å². The van der Waals surface area contributed by atoms with Crippen molar-refractivity contribution in [2.75, 3.05) is 38.3 Å². The first-order valence-corrected chi connectivity index (χ1v) is 6.90. The fourth-order valence-electron chi connectivity index (χ4n) is 2.47. The second-order valence-electron chi connectivity index (χ2n) is 4.79. The first-order chi connectivity index (χ1) is 10.2. The Hall–Kier alpha value is -2.11. The molecular formula is C16H21N3O2. The number of hydrogen-bond acceptors (Lipinski definition) is 4. The Morgan fingerprint density at radius 2 is 1.90 bits per heavy atom. The van der Waals surface area contributed by atoms with Crippen molar-refractivity contribution in [3.63, 3.8) is 0 Å². The van der Waals surface area contributed by atoms with Crippen LogP contribution in [0.5, 0.6) is 0 Å². The van der Waals surface area contributed by atoms with Crippen LogP contribution in [0, 0.1) is 5.41 Å². The topological polar surface area (TPSA) is 82.6 Å². The van der Waals surface area contributed by atoms with Crippen LogP contribution >= 0.6 is 0 Å². The van der Waals surface area contributed by atoms with Crippen LogP contribution in [-0.2, 0) is 4.74 Å². The quantitative estimate of drug-likeness (QED) is 0.533. The number of hydrogen-bond donors (Lipinski definition) is 3. The molecule has 2 rings (SSSR count). The van der Waals surface area contributed by atoms with E-state index in [0.29, 0.717) is 19.7 Å². The SMILES string of the molecule is COCCN(CCO)c1ccc(C(=N)N)c2ccccc12. The third-order valence-electron chi connectivity index (χ3n) is 3.47. The summed E-state index contributed by atoms with van der Waals surface area (Å²) in [5, 5.41) is 18.9. The Bertz CT molecular complexity index is 628. The molecule has 5 nitrogen and oxygen atoms in total. The predicted octanol–water partition coefficient (Wildman–Crippen LogP) is 1.57. The van der Waals surface area contributed by atoms with Gasteiger partial charge < -0.3 is 20.5 Å². The monoisotopic (exact) mass is 287 g/mol. The fraction of sp³-hybridized carbons (Fsp3) is 0.312. The van der Waals surface area contributed by atoms with Crippen molar-refractivity contribution in [2.45, 2.75) is 0 Å². The molecule has 0 bridgehead atoms. The molecule has 2 aromatic rings. The molecule has 0 fully saturated rings. The van der Waals surface area contributed by atoms with Crippen LogP contribution in [0.2, 0.25) is 0 Å². The van der Waals surface area contributed by atoms with E-state index in [1.165, 1.54) is 0 Å². The van der Waals surface area contributed by atoms with Crippen LogP contribution in [0.4, 0.5) is 5.69 Å². The van der Waals surface area contributed by atoms with E-state index in [0.717, 1.165) is 22.0 Å². The zero-order valence-electron chi connectivity index (χ0n) is 12.2. The van der Waals surface area contributed by atoms with Gasteiger partial charge in [-0.1, -0.05) is 24.3 Å². The maximum atomic E-state index is 9.28. The molecule has 0 aliphatic carbocycles. The summed E-state index contributed by atoms with van der Waals surface area (Å²) in [5.74, 6) is 0.0587. The summed E-state index contributed by atoms with van der Waals surface area (Å²) in [6, 6.07) is 11.7. The molecule has 5 heteroatoms. The Balaban J connectivity index is 2.52. The van der Waals surface area contributed by atoms with E-state index in [9.17, 15) is 5.11 Å². The highest BCUT2D eigenvalue weighted by Crippen LogP contribution is 2.29. The highest BCUT2D eigenvalue weighted by atomic mass is 16.5. The molecule has 0 saturated heterocycles. The fourth-order valence-corrected chi connectivity index (χ4v) is 2.47. The van der Waals surface area contributed by atoms with E-state index < -0.39 is 0 Å². The average Bonchev–Trinajstić information content (AvgIpc) is 2.50.